The molecule has 0 aliphatic carbocycles. The molecule has 0 aromatic carbocycles. The molecule has 4 nitrogen and oxygen atoms in total. The molecule has 90 valence electrons. The lowest BCUT2D eigenvalue weighted by atomic mass is 10.0. The second-order valence-electron chi connectivity index (χ2n) is 3.11. The Morgan fingerprint density at radius 3 is 1.94 bits per heavy atom. The third-order valence-electron chi connectivity index (χ3n) is 2.13. The maximum Gasteiger partial charge on any atom is 0.331 e. The van der Waals surface area contributed by atoms with E-state index in [1.807, 2.05) is 0 Å². The predicted octanol–water partition coefficient (Wildman–Crippen LogP) is 2.49. The van der Waals surface area contributed by atoms with Crippen molar-refractivity contribution in [3.8, 4) is 0 Å². The molecule has 0 aromatic rings. The van der Waals surface area contributed by atoms with Crippen molar-refractivity contribution in [1.29, 1.82) is 0 Å². The largest absolute Gasteiger partial charge is 0.501 e. The Kier molecular flexibility index (Phi) is 7.67. The molecule has 0 bridgehead atoms. The van der Waals surface area contributed by atoms with Crippen LogP contribution in [0.25, 0.3) is 0 Å². The summed E-state index contributed by atoms with van der Waals surface area (Å²) in [5, 5.41) is 8.89. The Hall–Kier alpha value is -1.71. The molecule has 0 aliphatic heterocycles. The summed E-state index contributed by atoms with van der Waals surface area (Å²) in [5.41, 5.74) is 1.16. The second-order valence-corrected chi connectivity index (χ2v) is 3.11. The van der Waals surface area contributed by atoms with Crippen LogP contribution in [0.1, 0.15) is 19.8 Å². The first kappa shape index (κ1) is 14.3. The number of carboxylic acids is 1. The standard InChI is InChI=1S/C12H18O4/c1-4-15-8-6-11(7-9-16-5-2)10(3)12(13)14/h4-5H,1-2,6-9H2,3H3,(H,13,14). The average molecular weight is 226 g/mol. The van der Waals surface area contributed by atoms with Gasteiger partial charge in [0.1, 0.15) is 0 Å². The Bertz CT molecular complexity index is 263. The highest BCUT2D eigenvalue weighted by Crippen LogP contribution is 2.14. The van der Waals surface area contributed by atoms with Crippen LogP contribution in [0.15, 0.2) is 36.8 Å². The third kappa shape index (κ3) is 5.90. The summed E-state index contributed by atoms with van der Waals surface area (Å²) in [7, 11) is 0. The van der Waals surface area contributed by atoms with Crippen molar-refractivity contribution >= 4 is 5.97 Å². The molecule has 1 N–H and O–H groups in total. The van der Waals surface area contributed by atoms with Crippen molar-refractivity contribution in [3.05, 3.63) is 36.8 Å². The molecule has 0 rings (SSSR count). The number of ether oxygens (including phenoxy) is 2. The minimum atomic E-state index is -0.910. The molecule has 0 radical (unpaired) electrons. The molecule has 0 saturated heterocycles. The topological polar surface area (TPSA) is 55.8 Å². The first-order chi connectivity index (χ1) is 7.63. The third-order valence-corrected chi connectivity index (χ3v) is 2.13. The zero-order valence-electron chi connectivity index (χ0n) is 9.57. The number of rotatable bonds is 9. The van der Waals surface area contributed by atoms with Crippen molar-refractivity contribution in [2.75, 3.05) is 13.2 Å². The molecule has 0 unspecified atom stereocenters. The first-order valence-corrected chi connectivity index (χ1v) is 5.00. The number of carboxylic acid groups (broad SMARTS) is 1. The fraction of sp³-hybridized carbons (Fsp3) is 0.417. The highest BCUT2D eigenvalue weighted by molar-refractivity contribution is 5.86. The summed E-state index contributed by atoms with van der Waals surface area (Å²) in [6, 6.07) is 0. The maximum absolute atomic E-state index is 10.8. The molecule has 0 saturated carbocycles. The Morgan fingerprint density at radius 2 is 1.62 bits per heavy atom. The molecule has 0 spiro atoms. The minimum Gasteiger partial charge on any atom is -0.501 e. The Labute approximate surface area is 95.9 Å². The molecule has 0 fully saturated rings. The van der Waals surface area contributed by atoms with Gasteiger partial charge in [0.2, 0.25) is 0 Å². The molecular formula is C12H18O4. The molecule has 0 amide bonds. The Morgan fingerprint density at radius 1 is 1.19 bits per heavy atom. The van der Waals surface area contributed by atoms with Gasteiger partial charge in [-0.3, -0.25) is 0 Å². The number of aliphatic carboxylic acids is 1. The summed E-state index contributed by atoms with van der Waals surface area (Å²) in [6.07, 6.45) is 3.80. The van der Waals surface area contributed by atoms with E-state index in [1.54, 1.807) is 6.92 Å². The van der Waals surface area contributed by atoms with Crippen LogP contribution < -0.4 is 0 Å². The van der Waals surface area contributed by atoms with E-state index in [-0.39, 0.29) is 0 Å². The van der Waals surface area contributed by atoms with Gasteiger partial charge in [-0.05, 0) is 6.92 Å². The van der Waals surface area contributed by atoms with E-state index in [4.69, 9.17) is 14.6 Å². The summed E-state index contributed by atoms with van der Waals surface area (Å²) in [4.78, 5) is 10.8. The predicted molar refractivity (Wildman–Crippen MR) is 61.9 cm³/mol. The van der Waals surface area contributed by atoms with Gasteiger partial charge in [0.15, 0.2) is 0 Å². The van der Waals surface area contributed by atoms with Crippen LogP contribution in [0.2, 0.25) is 0 Å². The summed E-state index contributed by atoms with van der Waals surface area (Å²) in [6.45, 7) is 9.28. The van der Waals surface area contributed by atoms with Gasteiger partial charge in [0.05, 0.1) is 25.7 Å². The van der Waals surface area contributed by atoms with Gasteiger partial charge in [-0.15, -0.1) is 0 Å². The molecule has 0 atom stereocenters. The van der Waals surface area contributed by atoms with Crippen LogP contribution in [0.3, 0.4) is 0 Å². The lowest BCUT2D eigenvalue weighted by Crippen LogP contribution is -2.05. The smallest absolute Gasteiger partial charge is 0.331 e. The van der Waals surface area contributed by atoms with Crippen LogP contribution in [-0.2, 0) is 14.3 Å². The lowest BCUT2D eigenvalue weighted by molar-refractivity contribution is -0.132. The van der Waals surface area contributed by atoms with Gasteiger partial charge in [-0.25, -0.2) is 4.79 Å². The highest BCUT2D eigenvalue weighted by Gasteiger charge is 2.09. The van der Waals surface area contributed by atoms with Crippen molar-refractivity contribution in [2.45, 2.75) is 19.8 Å². The lowest BCUT2D eigenvalue weighted by Gasteiger charge is -2.09. The van der Waals surface area contributed by atoms with Crippen molar-refractivity contribution in [2.24, 2.45) is 0 Å². The van der Waals surface area contributed by atoms with Crippen molar-refractivity contribution in [3.63, 3.8) is 0 Å². The fourth-order valence-electron chi connectivity index (χ4n) is 1.18. The van der Waals surface area contributed by atoms with Gasteiger partial charge in [0, 0.05) is 18.4 Å². The highest BCUT2D eigenvalue weighted by atomic mass is 16.5. The molecule has 0 aliphatic rings. The summed E-state index contributed by atoms with van der Waals surface area (Å²) < 4.78 is 9.95. The molecular weight excluding hydrogens is 208 g/mol. The molecule has 16 heavy (non-hydrogen) atoms. The zero-order valence-corrected chi connectivity index (χ0v) is 9.57. The molecule has 0 heterocycles. The van der Waals surface area contributed by atoms with E-state index in [0.717, 1.165) is 5.57 Å². The van der Waals surface area contributed by atoms with E-state index in [1.165, 1.54) is 12.5 Å². The molecule has 4 heteroatoms. The number of carbonyl (C=O) groups is 1. The number of hydrogen-bond acceptors (Lipinski definition) is 3. The van der Waals surface area contributed by atoms with E-state index in [0.29, 0.717) is 31.6 Å². The Balaban J connectivity index is 4.37. The summed E-state index contributed by atoms with van der Waals surface area (Å²) >= 11 is 0. The quantitative estimate of drug-likeness (QED) is 0.373. The normalized spacial score (nSPS) is 9.06. The van der Waals surface area contributed by atoms with Crippen LogP contribution in [0.5, 0.6) is 0 Å². The van der Waals surface area contributed by atoms with Crippen LogP contribution in [-0.4, -0.2) is 24.3 Å². The van der Waals surface area contributed by atoms with Gasteiger partial charge in [0.25, 0.3) is 0 Å². The van der Waals surface area contributed by atoms with E-state index in [9.17, 15) is 4.79 Å². The molecule has 0 aromatic heterocycles. The SMILES string of the molecule is C=COCCC(CCOC=C)=C(C)C(=O)O. The fourth-order valence-corrected chi connectivity index (χ4v) is 1.18. The van der Waals surface area contributed by atoms with Crippen molar-refractivity contribution < 1.29 is 19.4 Å². The van der Waals surface area contributed by atoms with Crippen LogP contribution in [0, 0.1) is 0 Å². The van der Waals surface area contributed by atoms with Gasteiger partial charge < -0.3 is 14.6 Å². The maximum atomic E-state index is 10.8. The monoisotopic (exact) mass is 226 g/mol. The first-order valence-electron chi connectivity index (χ1n) is 5.00. The van der Waals surface area contributed by atoms with Crippen LogP contribution in [0.4, 0.5) is 0 Å². The minimum absolute atomic E-state index is 0.348. The van der Waals surface area contributed by atoms with Gasteiger partial charge in [-0.2, -0.15) is 0 Å². The average Bonchev–Trinajstić information content (AvgIpc) is 2.26. The van der Waals surface area contributed by atoms with Gasteiger partial charge in [-0.1, -0.05) is 18.7 Å². The number of hydrogen-bond donors (Lipinski definition) is 1. The second kappa shape index (κ2) is 8.59. The van der Waals surface area contributed by atoms with E-state index in [2.05, 4.69) is 13.2 Å². The zero-order chi connectivity index (χ0) is 12.4. The van der Waals surface area contributed by atoms with Crippen LogP contribution >= 0.6 is 0 Å². The summed E-state index contributed by atoms with van der Waals surface area (Å²) in [5.74, 6) is -0.910. The van der Waals surface area contributed by atoms with Crippen molar-refractivity contribution in [1.82, 2.24) is 0 Å². The van der Waals surface area contributed by atoms with E-state index >= 15 is 0 Å². The van der Waals surface area contributed by atoms with Gasteiger partial charge >= 0.3 is 5.97 Å². The van der Waals surface area contributed by atoms with E-state index < -0.39 is 5.97 Å².